The highest BCUT2D eigenvalue weighted by Crippen LogP contribution is 2.45. The molecule has 38 heavy (non-hydrogen) atoms. The Labute approximate surface area is 215 Å². The van der Waals surface area contributed by atoms with Crippen LogP contribution < -0.4 is 10.6 Å². The second-order valence-electron chi connectivity index (χ2n) is 9.13. The molecule has 3 atom stereocenters. The largest absolute Gasteiger partial charge is 0.437 e. The smallest absolute Gasteiger partial charge is 0.363 e. The minimum absolute atomic E-state index is 0.0389. The average molecular weight is 521 g/mol. The molecule has 0 spiro atoms. The third kappa shape index (κ3) is 4.43. The number of ketones is 1. The summed E-state index contributed by atoms with van der Waals surface area (Å²) in [4.78, 5) is 26.3. The summed E-state index contributed by atoms with van der Waals surface area (Å²) in [6.45, 7) is 1.77. The van der Waals surface area contributed by atoms with Crippen molar-refractivity contribution in [2.45, 2.75) is 24.9 Å². The fourth-order valence-corrected chi connectivity index (χ4v) is 4.64. The first-order valence-corrected chi connectivity index (χ1v) is 11.8. The van der Waals surface area contributed by atoms with Gasteiger partial charge in [0.15, 0.2) is 5.78 Å². The van der Waals surface area contributed by atoms with Crippen LogP contribution in [0.1, 0.15) is 27.5 Å². The Morgan fingerprint density at radius 2 is 1.58 bits per heavy atom. The number of benzene rings is 3. The molecule has 3 aromatic carbocycles. The van der Waals surface area contributed by atoms with Crippen molar-refractivity contribution in [2.75, 3.05) is 0 Å². The van der Waals surface area contributed by atoms with Crippen LogP contribution in [0.25, 0.3) is 16.9 Å². The monoisotopic (exact) mass is 520 g/mol. The van der Waals surface area contributed by atoms with E-state index in [2.05, 4.69) is 10.4 Å². The number of alkyl halides is 3. The van der Waals surface area contributed by atoms with E-state index in [1.165, 1.54) is 23.0 Å². The first kappa shape index (κ1) is 25.2. The van der Waals surface area contributed by atoms with E-state index in [1.54, 1.807) is 85.0 Å². The van der Waals surface area contributed by atoms with Crippen LogP contribution in [0.15, 0.2) is 91.1 Å². The van der Waals surface area contributed by atoms with Gasteiger partial charge in [-0.05, 0) is 19.1 Å². The van der Waals surface area contributed by atoms with E-state index in [4.69, 9.17) is 0 Å². The van der Waals surface area contributed by atoms with Crippen LogP contribution in [0.3, 0.4) is 0 Å². The maximum atomic E-state index is 14.4. The Hall–Kier alpha value is -4.44. The van der Waals surface area contributed by atoms with Crippen molar-refractivity contribution in [1.29, 1.82) is 0 Å². The van der Waals surface area contributed by atoms with E-state index in [0.717, 1.165) is 5.56 Å². The summed E-state index contributed by atoms with van der Waals surface area (Å²) >= 11 is 0. The van der Waals surface area contributed by atoms with Gasteiger partial charge in [-0.25, -0.2) is 9.48 Å². The third-order valence-electron chi connectivity index (χ3n) is 6.57. The number of nitrogens with one attached hydrogen (secondary N) is 2. The van der Waals surface area contributed by atoms with Gasteiger partial charge in [-0.3, -0.25) is 4.79 Å². The quantitative estimate of drug-likeness (QED) is 0.325. The molecule has 0 saturated carbocycles. The minimum atomic E-state index is -5.36. The molecule has 10 heteroatoms. The lowest BCUT2D eigenvalue weighted by atomic mass is 9.77. The minimum Gasteiger partial charge on any atom is -0.363 e. The third-order valence-corrected chi connectivity index (χ3v) is 6.57. The van der Waals surface area contributed by atoms with Gasteiger partial charge in [0.25, 0.3) is 0 Å². The number of carbonyl (C=O) groups excluding carboxylic acids is 2. The van der Waals surface area contributed by atoms with Gasteiger partial charge in [0.2, 0.25) is 5.72 Å². The van der Waals surface area contributed by atoms with Crippen LogP contribution in [0.2, 0.25) is 0 Å². The van der Waals surface area contributed by atoms with Crippen LogP contribution in [-0.4, -0.2) is 38.6 Å². The molecule has 1 saturated heterocycles. The number of aliphatic hydroxyl groups is 1. The number of aromatic nitrogens is 2. The number of urea groups is 1. The Morgan fingerprint density at radius 3 is 2.18 bits per heavy atom. The van der Waals surface area contributed by atoms with E-state index >= 15 is 0 Å². The van der Waals surface area contributed by atoms with Gasteiger partial charge in [0.1, 0.15) is 5.92 Å². The van der Waals surface area contributed by atoms with E-state index in [-0.39, 0.29) is 16.8 Å². The van der Waals surface area contributed by atoms with E-state index in [0.29, 0.717) is 11.3 Å². The fourth-order valence-electron chi connectivity index (χ4n) is 4.64. The van der Waals surface area contributed by atoms with Crippen LogP contribution in [0.4, 0.5) is 18.0 Å². The highest BCUT2D eigenvalue weighted by Gasteiger charge is 2.66. The second kappa shape index (κ2) is 9.46. The number of rotatable bonds is 5. The summed E-state index contributed by atoms with van der Waals surface area (Å²) in [5, 5.41) is 19.6. The Kier molecular flexibility index (Phi) is 6.28. The molecular weight excluding hydrogens is 497 g/mol. The molecule has 0 radical (unpaired) electrons. The van der Waals surface area contributed by atoms with Crippen molar-refractivity contribution in [2.24, 2.45) is 5.92 Å². The molecule has 0 unspecified atom stereocenters. The number of amides is 2. The lowest BCUT2D eigenvalue weighted by Gasteiger charge is -2.44. The highest BCUT2D eigenvalue weighted by molar-refractivity contribution is 6.00. The van der Waals surface area contributed by atoms with Gasteiger partial charge in [-0.15, -0.1) is 0 Å². The summed E-state index contributed by atoms with van der Waals surface area (Å²) in [7, 11) is 0. The molecule has 0 aliphatic carbocycles. The number of aryl methyl sites for hydroxylation is 1. The molecule has 2 amide bonds. The van der Waals surface area contributed by atoms with Gasteiger partial charge in [0.05, 0.1) is 17.4 Å². The van der Waals surface area contributed by atoms with Gasteiger partial charge >= 0.3 is 12.2 Å². The predicted molar refractivity (Wildman–Crippen MR) is 133 cm³/mol. The Balaban J connectivity index is 1.73. The Bertz CT molecular complexity index is 1470. The van der Waals surface area contributed by atoms with Crippen molar-refractivity contribution in [3.63, 3.8) is 0 Å². The lowest BCUT2D eigenvalue weighted by Crippen LogP contribution is -2.72. The summed E-state index contributed by atoms with van der Waals surface area (Å²) in [5.74, 6) is -3.16. The zero-order valence-electron chi connectivity index (χ0n) is 20.1. The standard InChI is InChI=1S/C28H23F3N4O3/c1-17-12-14-19(15-13-17)25(36)22-24(32-26(37)33-27(22,38)28(29,30)31)21-16-35(20-10-6-3-7-11-20)34-23(21)18-8-4-2-5-9-18/h2-16,22,24,38H,1H3,(H2,32,33,37)/t22-,24+,27+/m0/s1. The van der Waals surface area contributed by atoms with Crippen LogP contribution >= 0.6 is 0 Å². The predicted octanol–water partition coefficient (Wildman–Crippen LogP) is 4.95. The van der Waals surface area contributed by atoms with E-state index in [1.807, 2.05) is 0 Å². The first-order valence-electron chi connectivity index (χ1n) is 11.8. The van der Waals surface area contributed by atoms with Crippen LogP contribution in [0.5, 0.6) is 0 Å². The summed E-state index contributed by atoms with van der Waals surface area (Å²) in [5.41, 5.74) is -1.51. The van der Waals surface area contributed by atoms with E-state index in [9.17, 15) is 27.9 Å². The molecule has 7 nitrogen and oxygen atoms in total. The molecule has 1 fully saturated rings. The van der Waals surface area contributed by atoms with Crippen molar-refractivity contribution in [3.8, 4) is 16.9 Å². The van der Waals surface area contributed by atoms with Gasteiger partial charge in [0, 0.05) is 22.9 Å². The topological polar surface area (TPSA) is 96.2 Å². The molecule has 0 bridgehead atoms. The zero-order chi connectivity index (χ0) is 27.1. The fraction of sp³-hybridized carbons (Fsp3) is 0.179. The molecule has 4 aromatic rings. The van der Waals surface area contributed by atoms with Crippen LogP contribution in [0, 0.1) is 12.8 Å². The van der Waals surface area contributed by atoms with Gasteiger partial charge in [-0.1, -0.05) is 78.4 Å². The average Bonchev–Trinajstić information content (AvgIpc) is 3.34. The maximum Gasteiger partial charge on any atom is 0.437 e. The molecule has 1 aliphatic heterocycles. The maximum absolute atomic E-state index is 14.4. The second-order valence-corrected chi connectivity index (χ2v) is 9.13. The number of hydrogen-bond acceptors (Lipinski definition) is 4. The summed E-state index contributed by atoms with van der Waals surface area (Å²) < 4.78 is 44.7. The summed E-state index contributed by atoms with van der Waals surface area (Å²) in [6, 6.07) is 20.7. The van der Waals surface area contributed by atoms with Crippen molar-refractivity contribution in [3.05, 3.63) is 108 Å². The molecule has 2 heterocycles. The number of para-hydroxylation sites is 1. The highest BCUT2D eigenvalue weighted by atomic mass is 19.4. The number of hydrogen-bond donors (Lipinski definition) is 3. The Morgan fingerprint density at radius 1 is 0.974 bits per heavy atom. The molecule has 194 valence electrons. The zero-order valence-corrected chi connectivity index (χ0v) is 20.1. The number of carbonyl (C=O) groups is 2. The van der Waals surface area contributed by atoms with Crippen molar-refractivity contribution in [1.82, 2.24) is 20.4 Å². The molecule has 1 aliphatic rings. The van der Waals surface area contributed by atoms with Crippen molar-refractivity contribution < 1.29 is 27.9 Å². The van der Waals surface area contributed by atoms with Crippen molar-refractivity contribution >= 4 is 11.8 Å². The molecule has 5 rings (SSSR count). The lowest BCUT2D eigenvalue weighted by molar-refractivity contribution is -0.287. The first-order chi connectivity index (χ1) is 18.1. The molecule has 3 N–H and O–H groups in total. The van der Waals surface area contributed by atoms with Gasteiger partial charge in [-0.2, -0.15) is 18.3 Å². The van der Waals surface area contributed by atoms with Gasteiger partial charge < -0.3 is 15.7 Å². The molecule has 1 aromatic heterocycles. The normalized spacial score (nSPS) is 21.4. The number of halogens is 3. The SMILES string of the molecule is Cc1ccc(C(=O)[C@@H]2[C@@H](c3cn(-c4ccccc4)nc3-c3ccccc3)NC(=O)N[C@]2(O)C(F)(F)F)cc1. The summed E-state index contributed by atoms with van der Waals surface area (Å²) in [6.07, 6.45) is -3.89. The number of Topliss-reactive ketones (excluding diaryl/α,β-unsaturated/α-hetero) is 1. The number of nitrogens with zero attached hydrogens (tertiary/aromatic N) is 2. The van der Waals surface area contributed by atoms with Crippen LogP contribution in [-0.2, 0) is 0 Å². The van der Waals surface area contributed by atoms with E-state index < -0.39 is 35.7 Å². The molecular formula is C28H23F3N4O3.